The highest BCUT2D eigenvalue weighted by Crippen LogP contribution is 2.25. The quantitative estimate of drug-likeness (QED) is 0.766. The van der Waals surface area contributed by atoms with E-state index in [-0.39, 0.29) is 6.61 Å². The van der Waals surface area contributed by atoms with Crippen molar-refractivity contribution in [1.29, 1.82) is 0 Å². The van der Waals surface area contributed by atoms with Crippen LogP contribution in [-0.2, 0) is 6.61 Å². The highest BCUT2D eigenvalue weighted by atomic mass is 32.2. The summed E-state index contributed by atoms with van der Waals surface area (Å²) in [7, 11) is 0. The summed E-state index contributed by atoms with van der Waals surface area (Å²) in [4.78, 5) is 0. The summed E-state index contributed by atoms with van der Waals surface area (Å²) in [6.45, 7) is -0.0124. The minimum atomic E-state index is -0.0124. The molecule has 0 radical (unpaired) electrons. The van der Waals surface area contributed by atoms with Crippen LogP contribution < -0.4 is 0 Å². The van der Waals surface area contributed by atoms with Gasteiger partial charge in [-0.25, -0.2) is 4.68 Å². The molecule has 2 rings (SSSR count). The largest absolute Gasteiger partial charge is 0.390 e. The Labute approximate surface area is 81.3 Å². The van der Waals surface area contributed by atoms with Crippen LogP contribution in [0.2, 0.25) is 0 Å². The van der Waals surface area contributed by atoms with Gasteiger partial charge in [0.15, 0.2) is 0 Å². The average Bonchev–Trinajstić information content (AvgIpc) is 2.67. The van der Waals surface area contributed by atoms with Crippen molar-refractivity contribution < 1.29 is 5.11 Å². The summed E-state index contributed by atoms with van der Waals surface area (Å²) in [5.41, 5.74) is 0.665. The second-order valence-corrected chi connectivity index (χ2v) is 4.42. The predicted molar refractivity (Wildman–Crippen MR) is 51.5 cm³/mol. The molecular formula is C8H13N3OS. The lowest BCUT2D eigenvalue weighted by Gasteiger charge is -2.20. The minimum absolute atomic E-state index is 0.0124. The number of thioether (sulfide) groups is 1. The number of aliphatic hydroxyl groups is 1. The lowest BCUT2D eigenvalue weighted by Crippen LogP contribution is -2.15. The van der Waals surface area contributed by atoms with Gasteiger partial charge in [-0.15, -0.1) is 5.10 Å². The van der Waals surface area contributed by atoms with E-state index < -0.39 is 0 Å². The van der Waals surface area contributed by atoms with Crippen LogP contribution in [-0.4, -0.2) is 31.6 Å². The normalized spacial score (nSPS) is 19.2. The van der Waals surface area contributed by atoms with Crippen molar-refractivity contribution in [2.75, 3.05) is 11.5 Å². The number of nitrogens with zero attached hydrogens (tertiary/aromatic N) is 3. The van der Waals surface area contributed by atoms with E-state index in [4.69, 9.17) is 5.11 Å². The van der Waals surface area contributed by atoms with Crippen molar-refractivity contribution in [2.24, 2.45) is 0 Å². The standard InChI is InChI=1S/C8H13N3OS/c12-6-7-5-11(10-9-7)8-1-3-13-4-2-8/h5,8,12H,1-4,6H2. The van der Waals surface area contributed by atoms with Crippen molar-refractivity contribution in [1.82, 2.24) is 15.0 Å². The molecule has 0 spiro atoms. The molecule has 1 aromatic rings. The fourth-order valence-corrected chi connectivity index (χ4v) is 2.60. The van der Waals surface area contributed by atoms with E-state index in [1.807, 2.05) is 22.6 Å². The molecule has 0 bridgehead atoms. The Bertz CT molecular complexity index is 270. The average molecular weight is 199 g/mol. The molecule has 72 valence electrons. The molecule has 1 fully saturated rings. The predicted octanol–water partition coefficient (Wildman–Crippen LogP) is 0.839. The summed E-state index contributed by atoms with van der Waals surface area (Å²) in [6.07, 6.45) is 4.18. The van der Waals surface area contributed by atoms with Crippen LogP contribution in [0.1, 0.15) is 24.6 Å². The van der Waals surface area contributed by atoms with E-state index >= 15 is 0 Å². The van der Waals surface area contributed by atoms with Crippen LogP contribution in [0.15, 0.2) is 6.20 Å². The van der Waals surface area contributed by atoms with Gasteiger partial charge in [-0.3, -0.25) is 0 Å². The van der Waals surface area contributed by atoms with E-state index in [0.717, 1.165) is 0 Å². The van der Waals surface area contributed by atoms with Gasteiger partial charge in [-0.2, -0.15) is 11.8 Å². The third-order valence-electron chi connectivity index (χ3n) is 2.28. The van der Waals surface area contributed by atoms with Crippen molar-refractivity contribution in [2.45, 2.75) is 25.5 Å². The van der Waals surface area contributed by atoms with Crippen LogP contribution in [0.3, 0.4) is 0 Å². The lowest BCUT2D eigenvalue weighted by molar-refractivity contribution is 0.276. The Balaban J connectivity index is 2.05. The van der Waals surface area contributed by atoms with Gasteiger partial charge < -0.3 is 5.11 Å². The molecule has 13 heavy (non-hydrogen) atoms. The SMILES string of the molecule is OCc1cn(C2CCSCC2)nn1. The summed E-state index contributed by atoms with van der Waals surface area (Å²) in [5, 5.41) is 16.7. The van der Waals surface area contributed by atoms with Crippen LogP contribution in [0.4, 0.5) is 0 Å². The molecule has 1 aliphatic rings. The van der Waals surface area contributed by atoms with Gasteiger partial charge in [0.2, 0.25) is 0 Å². The van der Waals surface area contributed by atoms with Crippen molar-refractivity contribution in [3.63, 3.8) is 0 Å². The first kappa shape index (κ1) is 9.02. The molecule has 0 saturated carbocycles. The molecule has 1 aliphatic heterocycles. The number of hydrogen-bond acceptors (Lipinski definition) is 4. The molecule has 0 aromatic carbocycles. The molecule has 5 heteroatoms. The van der Waals surface area contributed by atoms with Gasteiger partial charge in [-0.05, 0) is 24.3 Å². The van der Waals surface area contributed by atoms with Gasteiger partial charge in [0.1, 0.15) is 5.69 Å². The van der Waals surface area contributed by atoms with Crippen LogP contribution in [0.25, 0.3) is 0 Å². The Morgan fingerprint density at radius 2 is 2.31 bits per heavy atom. The number of aromatic nitrogens is 3. The second-order valence-electron chi connectivity index (χ2n) is 3.19. The van der Waals surface area contributed by atoms with Crippen LogP contribution >= 0.6 is 11.8 Å². The molecule has 0 unspecified atom stereocenters. The minimum Gasteiger partial charge on any atom is -0.390 e. The van der Waals surface area contributed by atoms with Crippen molar-refractivity contribution in [3.05, 3.63) is 11.9 Å². The second kappa shape index (κ2) is 4.11. The molecule has 1 aromatic heterocycles. The topological polar surface area (TPSA) is 50.9 Å². The van der Waals surface area contributed by atoms with E-state index in [1.54, 1.807) is 0 Å². The zero-order chi connectivity index (χ0) is 9.10. The third kappa shape index (κ3) is 2.03. The molecule has 0 atom stereocenters. The van der Waals surface area contributed by atoms with E-state index in [1.165, 1.54) is 24.3 Å². The van der Waals surface area contributed by atoms with Gasteiger partial charge >= 0.3 is 0 Å². The molecule has 0 amide bonds. The molecular weight excluding hydrogens is 186 g/mol. The maximum atomic E-state index is 8.83. The van der Waals surface area contributed by atoms with Crippen molar-refractivity contribution >= 4 is 11.8 Å². The van der Waals surface area contributed by atoms with Gasteiger partial charge in [0, 0.05) is 0 Å². The first-order valence-corrected chi connectivity index (χ1v) is 5.65. The first-order chi connectivity index (χ1) is 6.40. The Morgan fingerprint density at radius 3 is 2.92 bits per heavy atom. The van der Waals surface area contributed by atoms with Crippen molar-refractivity contribution in [3.8, 4) is 0 Å². The monoisotopic (exact) mass is 199 g/mol. The maximum Gasteiger partial charge on any atom is 0.108 e. The summed E-state index contributed by atoms with van der Waals surface area (Å²) >= 11 is 1.99. The maximum absolute atomic E-state index is 8.83. The molecule has 0 aliphatic carbocycles. The van der Waals surface area contributed by atoms with E-state index in [2.05, 4.69) is 10.3 Å². The lowest BCUT2D eigenvalue weighted by atomic mass is 10.2. The number of rotatable bonds is 2. The summed E-state index contributed by atoms with van der Waals surface area (Å²) < 4.78 is 1.89. The van der Waals surface area contributed by atoms with E-state index in [9.17, 15) is 0 Å². The van der Waals surface area contributed by atoms with E-state index in [0.29, 0.717) is 11.7 Å². The Kier molecular flexibility index (Phi) is 2.85. The third-order valence-corrected chi connectivity index (χ3v) is 3.33. The van der Waals surface area contributed by atoms with Crippen LogP contribution in [0.5, 0.6) is 0 Å². The zero-order valence-electron chi connectivity index (χ0n) is 7.39. The fourth-order valence-electron chi connectivity index (χ4n) is 1.51. The first-order valence-electron chi connectivity index (χ1n) is 4.49. The van der Waals surface area contributed by atoms with Gasteiger partial charge in [-0.1, -0.05) is 5.21 Å². The Morgan fingerprint density at radius 1 is 1.54 bits per heavy atom. The number of hydrogen-bond donors (Lipinski definition) is 1. The fraction of sp³-hybridized carbons (Fsp3) is 0.750. The Hall–Kier alpha value is -0.550. The van der Waals surface area contributed by atoms with Gasteiger partial charge in [0.25, 0.3) is 0 Å². The highest BCUT2D eigenvalue weighted by molar-refractivity contribution is 7.99. The zero-order valence-corrected chi connectivity index (χ0v) is 8.20. The summed E-state index contributed by atoms with van der Waals surface area (Å²) in [5.74, 6) is 2.41. The van der Waals surface area contributed by atoms with Gasteiger partial charge in [0.05, 0.1) is 18.8 Å². The molecule has 1 N–H and O–H groups in total. The van der Waals surface area contributed by atoms with Crippen LogP contribution in [0, 0.1) is 0 Å². The smallest absolute Gasteiger partial charge is 0.108 e. The molecule has 2 heterocycles. The molecule has 4 nitrogen and oxygen atoms in total. The summed E-state index contributed by atoms with van der Waals surface area (Å²) in [6, 6.07) is 0.494. The number of aliphatic hydroxyl groups excluding tert-OH is 1. The highest BCUT2D eigenvalue weighted by Gasteiger charge is 2.16. The molecule has 1 saturated heterocycles.